The molecule has 0 aliphatic carbocycles. The van der Waals surface area contributed by atoms with E-state index in [1.807, 2.05) is 18.2 Å². The van der Waals surface area contributed by atoms with E-state index in [-0.39, 0.29) is 24.5 Å². The molecule has 1 aliphatic heterocycles. The quantitative estimate of drug-likeness (QED) is 0.801. The fourth-order valence-electron chi connectivity index (χ4n) is 2.66. The summed E-state index contributed by atoms with van der Waals surface area (Å²) in [5, 5.41) is 5.62. The Morgan fingerprint density at radius 3 is 2.54 bits per heavy atom. The van der Waals surface area contributed by atoms with Gasteiger partial charge in [-0.05, 0) is 49.2 Å². The van der Waals surface area contributed by atoms with Crippen molar-refractivity contribution >= 4 is 17.5 Å². The van der Waals surface area contributed by atoms with E-state index in [4.69, 9.17) is 9.47 Å². The van der Waals surface area contributed by atoms with Gasteiger partial charge < -0.3 is 20.1 Å². The third-order valence-corrected chi connectivity index (χ3v) is 4.07. The first-order valence-corrected chi connectivity index (χ1v) is 8.68. The van der Waals surface area contributed by atoms with Crippen LogP contribution in [0.2, 0.25) is 0 Å². The molecule has 0 radical (unpaired) electrons. The number of benzene rings is 2. The molecular formula is C20H22N2O4. The molecule has 0 bridgehead atoms. The zero-order chi connectivity index (χ0) is 18.2. The van der Waals surface area contributed by atoms with Crippen molar-refractivity contribution in [1.29, 1.82) is 0 Å². The van der Waals surface area contributed by atoms with Crippen LogP contribution in [0.25, 0.3) is 0 Å². The second kappa shape index (κ2) is 9.01. The standard InChI is InChI=1S/C20H22N2O4/c23-19(21-13-18-7-4-12-25-18)14-26-17-10-8-16(9-11-17)22-20(24)15-5-2-1-3-6-15/h1-3,5-6,8-11,18H,4,7,12-14H2,(H,21,23)(H,22,24)/t18-/m1/s1. The maximum Gasteiger partial charge on any atom is 0.258 e. The van der Waals surface area contributed by atoms with E-state index in [0.29, 0.717) is 23.5 Å². The number of hydrogen-bond acceptors (Lipinski definition) is 4. The van der Waals surface area contributed by atoms with Crippen molar-refractivity contribution in [3.8, 4) is 5.75 Å². The molecule has 0 unspecified atom stereocenters. The minimum Gasteiger partial charge on any atom is -0.484 e. The van der Waals surface area contributed by atoms with Crippen LogP contribution in [-0.2, 0) is 9.53 Å². The van der Waals surface area contributed by atoms with Gasteiger partial charge in [-0.15, -0.1) is 0 Å². The number of carbonyl (C=O) groups excluding carboxylic acids is 2. The monoisotopic (exact) mass is 354 g/mol. The third kappa shape index (κ3) is 5.32. The zero-order valence-electron chi connectivity index (χ0n) is 14.4. The van der Waals surface area contributed by atoms with Crippen LogP contribution in [0, 0.1) is 0 Å². The van der Waals surface area contributed by atoms with Gasteiger partial charge in [-0.2, -0.15) is 0 Å². The molecule has 1 aliphatic rings. The van der Waals surface area contributed by atoms with Crippen LogP contribution in [0.3, 0.4) is 0 Å². The van der Waals surface area contributed by atoms with Crippen molar-refractivity contribution in [1.82, 2.24) is 5.32 Å². The van der Waals surface area contributed by atoms with Crippen molar-refractivity contribution in [2.24, 2.45) is 0 Å². The molecule has 1 atom stereocenters. The molecule has 2 amide bonds. The van der Waals surface area contributed by atoms with Crippen molar-refractivity contribution in [3.05, 3.63) is 60.2 Å². The molecule has 3 rings (SSSR count). The highest BCUT2D eigenvalue weighted by Crippen LogP contribution is 2.16. The zero-order valence-corrected chi connectivity index (χ0v) is 14.4. The maximum absolute atomic E-state index is 12.1. The number of anilines is 1. The van der Waals surface area contributed by atoms with Gasteiger partial charge in [-0.3, -0.25) is 9.59 Å². The Hall–Kier alpha value is -2.86. The molecule has 0 aromatic heterocycles. The van der Waals surface area contributed by atoms with Gasteiger partial charge in [0, 0.05) is 24.4 Å². The van der Waals surface area contributed by atoms with Crippen LogP contribution in [0.4, 0.5) is 5.69 Å². The Morgan fingerprint density at radius 2 is 1.85 bits per heavy atom. The largest absolute Gasteiger partial charge is 0.484 e. The van der Waals surface area contributed by atoms with E-state index in [2.05, 4.69) is 10.6 Å². The second-order valence-corrected chi connectivity index (χ2v) is 6.07. The van der Waals surface area contributed by atoms with E-state index >= 15 is 0 Å². The predicted molar refractivity (Wildman–Crippen MR) is 98.3 cm³/mol. The number of hydrogen-bond donors (Lipinski definition) is 2. The van der Waals surface area contributed by atoms with Crippen LogP contribution >= 0.6 is 0 Å². The molecule has 1 fully saturated rings. The number of ether oxygens (including phenoxy) is 2. The minimum absolute atomic E-state index is 0.0531. The molecule has 1 saturated heterocycles. The van der Waals surface area contributed by atoms with E-state index in [1.165, 1.54) is 0 Å². The summed E-state index contributed by atoms with van der Waals surface area (Å²) < 4.78 is 10.9. The Morgan fingerprint density at radius 1 is 1.08 bits per heavy atom. The molecule has 26 heavy (non-hydrogen) atoms. The number of carbonyl (C=O) groups is 2. The fourth-order valence-corrected chi connectivity index (χ4v) is 2.66. The smallest absolute Gasteiger partial charge is 0.258 e. The summed E-state index contributed by atoms with van der Waals surface area (Å²) in [6.45, 7) is 1.24. The van der Waals surface area contributed by atoms with Gasteiger partial charge in [0.15, 0.2) is 6.61 Å². The van der Waals surface area contributed by atoms with Crippen molar-refractivity contribution < 1.29 is 19.1 Å². The maximum atomic E-state index is 12.1. The Kier molecular flexibility index (Phi) is 6.22. The van der Waals surface area contributed by atoms with E-state index in [0.717, 1.165) is 19.4 Å². The first-order chi connectivity index (χ1) is 12.7. The molecule has 136 valence electrons. The summed E-state index contributed by atoms with van der Waals surface area (Å²) >= 11 is 0. The predicted octanol–water partition coefficient (Wildman–Crippen LogP) is 2.61. The first kappa shape index (κ1) is 17.9. The average Bonchev–Trinajstić information content (AvgIpc) is 3.20. The summed E-state index contributed by atoms with van der Waals surface area (Å²) in [5.74, 6) is 0.213. The molecule has 6 nitrogen and oxygen atoms in total. The van der Waals surface area contributed by atoms with Gasteiger partial charge in [-0.1, -0.05) is 18.2 Å². The van der Waals surface area contributed by atoms with Crippen molar-refractivity contribution in [2.75, 3.05) is 25.1 Å². The van der Waals surface area contributed by atoms with Crippen LogP contribution in [-0.4, -0.2) is 37.7 Å². The summed E-state index contributed by atoms with van der Waals surface area (Å²) in [4.78, 5) is 23.9. The molecule has 0 saturated carbocycles. The summed E-state index contributed by atoms with van der Waals surface area (Å²) in [5.41, 5.74) is 1.25. The first-order valence-electron chi connectivity index (χ1n) is 8.68. The van der Waals surface area contributed by atoms with E-state index in [1.54, 1.807) is 36.4 Å². The van der Waals surface area contributed by atoms with Gasteiger partial charge in [-0.25, -0.2) is 0 Å². The van der Waals surface area contributed by atoms with Crippen LogP contribution in [0.1, 0.15) is 23.2 Å². The van der Waals surface area contributed by atoms with Gasteiger partial charge in [0.25, 0.3) is 11.8 Å². The molecule has 2 aromatic carbocycles. The highest BCUT2D eigenvalue weighted by Gasteiger charge is 2.16. The SMILES string of the molecule is O=C(COc1ccc(NC(=O)c2ccccc2)cc1)NC[C@H]1CCCO1. The summed E-state index contributed by atoms with van der Waals surface area (Å²) in [6, 6.07) is 15.9. The summed E-state index contributed by atoms with van der Waals surface area (Å²) in [7, 11) is 0. The van der Waals surface area contributed by atoms with Gasteiger partial charge in [0.05, 0.1) is 6.10 Å². The lowest BCUT2D eigenvalue weighted by molar-refractivity contribution is -0.123. The van der Waals surface area contributed by atoms with Gasteiger partial charge >= 0.3 is 0 Å². The third-order valence-electron chi connectivity index (χ3n) is 4.07. The summed E-state index contributed by atoms with van der Waals surface area (Å²) in [6.07, 6.45) is 2.15. The van der Waals surface area contributed by atoms with Crippen molar-refractivity contribution in [2.45, 2.75) is 18.9 Å². The van der Waals surface area contributed by atoms with Gasteiger partial charge in [0.1, 0.15) is 5.75 Å². The highest BCUT2D eigenvalue weighted by molar-refractivity contribution is 6.04. The van der Waals surface area contributed by atoms with Crippen molar-refractivity contribution in [3.63, 3.8) is 0 Å². The average molecular weight is 354 g/mol. The molecule has 0 spiro atoms. The lowest BCUT2D eigenvalue weighted by atomic mass is 10.2. The van der Waals surface area contributed by atoms with Crippen LogP contribution in [0.15, 0.2) is 54.6 Å². The molecule has 6 heteroatoms. The lowest BCUT2D eigenvalue weighted by Gasteiger charge is -2.11. The van der Waals surface area contributed by atoms with E-state index in [9.17, 15) is 9.59 Å². The molecule has 2 N–H and O–H groups in total. The van der Waals surface area contributed by atoms with Gasteiger partial charge in [0.2, 0.25) is 0 Å². The van der Waals surface area contributed by atoms with Crippen LogP contribution in [0.5, 0.6) is 5.75 Å². The highest BCUT2D eigenvalue weighted by atomic mass is 16.5. The normalized spacial score (nSPS) is 16.1. The second-order valence-electron chi connectivity index (χ2n) is 6.07. The molecular weight excluding hydrogens is 332 g/mol. The Bertz CT molecular complexity index is 725. The van der Waals surface area contributed by atoms with Crippen LogP contribution < -0.4 is 15.4 Å². The number of rotatable bonds is 7. The molecule has 2 aromatic rings. The lowest BCUT2D eigenvalue weighted by Crippen LogP contribution is -2.35. The van der Waals surface area contributed by atoms with E-state index < -0.39 is 0 Å². The topological polar surface area (TPSA) is 76.7 Å². The minimum atomic E-state index is -0.179. The number of nitrogens with one attached hydrogen (secondary N) is 2. The Balaban J connectivity index is 1.42. The number of amides is 2. The molecule has 1 heterocycles. The Labute approximate surface area is 152 Å². The fraction of sp³-hybridized carbons (Fsp3) is 0.300.